The van der Waals surface area contributed by atoms with E-state index in [1.807, 2.05) is 18.3 Å². The van der Waals surface area contributed by atoms with Crippen LogP contribution in [0, 0.1) is 0 Å². The van der Waals surface area contributed by atoms with Crippen molar-refractivity contribution in [3.8, 4) is 0 Å². The van der Waals surface area contributed by atoms with Crippen LogP contribution in [0.15, 0.2) is 24.4 Å². The minimum absolute atomic E-state index is 0.0551. The van der Waals surface area contributed by atoms with Gasteiger partial charge in [0.2, 0.25) is 0 Å². The lowest BCUT2D eigenvalue weighted by atomic mass is 9.90. The second-order valence-electron chi connectivity index (χ2n) is 6.17. The summed E-state index contributed by atoms with van der Waals surface area (Å²) in [6, 6.07) is 6.08. The van der Waals surface area contributed by atoms with E-state index in [0.717, 1.165) is 58.0 Å². The number of piperidine rings is 1. The van der Waals surface area contributed by atoms with Gasteiger partial charge in [0.05, 0.1) is 24.5 Å². The van der Waals surface area contributed by atoms with Crippen molar-refractivity contribution in [2.45, 2.75) is 25.0 Å². The summed E-state index contributed by atoms with van der Waals surface area (Å²) in [5.41, 5.74) is 1.07. The third kappa shape index (κ3) is 3.80. The van der Waals surface area contributed by atoms with Crippen LogP contribution < -0.4 is 0 Å². The van der Waals surface area contributed by atoms with Crippen molar-refractivity contribution in [3.05, 3.63) is 30.1 Å². The fraction of sp³-hybridized carbons (Fsp3) is 0.688. The lowest BCUT2D eigenvalue weighted by Crippen LogP contribution is -2.59. The number of aliphatic hydroxyl groups excluding tert-OH is 1. The molecule has 1 atom stereocenters. The first-order chi connectivity index (χ1) is 10.3. The van der Waals surface area contributed by atoms with Crippen LogP contribution in [-0.2, 0) is 11.3 Å². The second-order valence-corrected chi connectivity index (χ2v) is 6.17. The molecule has 2 aliphatic heterocycles. The smallest absolute Gasteiger partial charge is 0.0936 e. The zero-order chi connectivity index (χ0) is 14.5. The zero-order valence-electron chi connectivity index (χ0n) is 12.6. The first kappa shape index (κ1) is 14.9. The maximum Gasteiger partial charge on any atom is 0.0936 e. The molecule has 0 radical (unpaired) electrons. The number of nitrogens with zero attached hydrogens (tertiary/aromatic N) is 3. The lowest BCUT2D eigenvalue weighted by Gasteiger charge is -2.48. The quantitative estimate of drug-likeness (QED) is 0.887. The number of hydrogen-bond acceptors (Lipinski definition) is 5. The molecule has 5 heteroatoms. The van der Waals surface area contributed by atoms with Gasteiger partial charge in [-0.3, -0.25) is 14.8 Å². The number of morpholine rings is 1. The van der Waals surface area contributed by atoms with E-state index in [1.54, 1.807) is 0 Å². The number of hydrogen-bond donors (Lipinski definition) is 1. The van der Waals surface area contributed by atoms with Gasteiger partial charge in [0.1, 0.15) is 0 Å². The molecule has 1 aromatic heterocycles. The highest BCUT2D eigenvalue weighted by atomic mass is 16.5. The van der Waals surface area contributed by atoms with E-state index in [0.29, 0.717) is 0 Å². The standard InChI is InChI=1S/C16H25N3O2/c20-10-8-18-9-11-21-16(13-18)5-3-7-19(14-16)12-15-4-1-2-6-17-15/h1-2,4,6,20H,3,5,7-14H2. The molecule has 1 N–H and O–H groups in total. The number of likely N-dealkylation sites (tertiary alicyclic amines) is 1. The van der Waals surface area contributed by atoms with Crippen LogP contribution in [0.25, 0.3) is 0 Å². The van der Waals surface area contributed by atoms with Crippen molar-refractivity contribution < 1.29 is 9.84 Å². The molecular formula is C16H25N3O2. The maximum atomic E-state index is 9.15. The van der Waals surface area contributed by atoms with Gasteiger partial charge in [-0.05, 0) is 31.5 Å². The van der Waals surface area contributed by atoms with Gasteiger partial charge in [0.15, 0.2) is 0 Å². The van der Waals surface area contributed by atoms with Gasteiger partial charge >= 0.3 is 0 Å². The third-order valence-corrected chi connectivity index (χ3v) is 4.47. The molecule has 116 valence electrons. The predicted octanol–water partition coefficient (Wildman–Crippen LogP) is 0.741. The van der Waals surface area contributed by atoms with Gasteiger partial charge in [0.25, 0.3) is 0 Å². The Morgan fingerprint density at radius 2 is 2.14 bits per heavy atom. The van der Waals surface area contributed by atoms with E-state index in [-0.39, 0.29) is 12.2 Å². The molecule has 1 spiro atoms. The second kappa shape index (κ2) is 6.83. The zero-order valence-corrected chi connectivity index (χ0v) is 12.6. The van der Waals surface area contributed by atoms with Gasteiger partial charge in [-0.2, -0.15) is 0 Å². The van der Waals surface area contributed by atoms with Crippen molar-refractivity contribution in [3.63, 3.8) is 0 Å². The maximum absolute atomic E-state index is 9.15. The van der Waals surface area contributed by atoms with Gasteiger partial charge in [-0.25, -0.2) is 0 Å². The summed E-state index contributed by atoms with van der Waals surface area (Å²) < 4.78 is 6.17. The third-order valence-electron chi connectivity index (χ3n) is 4.47. The van der Waals surface area contributed by atoms with Crippen molar-refractivity contribution in [2.75, 3.05) is 45.9 Å². The Labute approximate surface area is 126 Å². The van der Waals surface area contributed by atoms with Crippen LogP contribution in [0.3, 0.4) is 0 Å². The number of rotatable bonds is 4. The molecular weight excluding hydrogens is 266 g/mol. The van der Waals surface area contributed by atoms with Crippen LogP contribution >= 0.6 is 0 Å². The van der Waals surface area contributed by atoms with E-state index in [4.69, 9.17) is 9.84 Å². The van der Waals surface area contributed by atoms with Crippen molar-refractivity contribution >= 4 is 0 Å². The average molecular weight is 291 g/mol. The first-order valence-electron chi connectivity index (χ1n) is 7.89. The van der Waals surface area contributed by atoms with Gasteiger partial charge in [-0.15, -0.1) is 0 Å². The fourth-order valence-corrected chi connectivity index (χ4v) is 3.55. The lowest BCUT2D eigenvalue weighted by molar-refractivity contribution is -0.142. The molecule has 3 heterocycles. The SMILES string of the molecule is OCCN1CCOC2(CCCN(Cc3ccccn3)C2)C1. The molecule has 21 heavy (non-hydrogen) atoms. The first-order valence-corrected chi connectivity index (χ1v) is 7.89. The normalized spacial score (nSPS) is 28.0. The van der Waals surface area contributed by atoms with Crippen molar-refractivity contribution in [2.24, 2.45) is 0 Å². The number of aromatic nitrogens is 1. The summed E-state index contributed by atoms with van der Waals surface area (Å²) in [5, 5.41) is 9.15. The van der Waals surface area contributed by atoms with Crippen molar-refractivity contribution in [1.29, 1.82) is 0 Å². The molecule has 2 saturated heterocycles. The van der Waals surface area contributed by atoms with E-state index in [1.165, 1.54) is 6.42 Å². The Bertz CT molecular complexity index is 436. The van der Waals surface area contributed by atoms with Crippen LogP contribution in [0.5, 0.6) is 0 Å². The number of pyridine rings is 1. The van der Waals surface area contributed by atoms with Crippen LogP contribution in [0.4, 0.5) is 0 Å². The molecule has 0 aromatic carbocycles. The summed E-state index contributed by atoms with van der Waals surface area (Å²) in [5.74, 6) is 0. The van der Waals surface area contributed by atoms with E-state index in [9.17, 15) is 0 Å². The minimum atomic E-state index is -0.0551. The summed E-state index contributed by atoms with van der Waals surface area (Å²) in [6.45, 7) is 6.60. The summed E-state index contributed by atoms with van der Waals surface area (Å²) in [4.78, 5) is 9.20. The van der Waals surface area contributed by atoms with Crippen LogP contribution in [-0.4, -0.2) is 71.4 Å². The molecule has 2 fully saturated rings. The van der Waals surface area contributed by atoms with E-state index in [2.05, 4.69) is 20.9 Å². The highest BCUT2D eigenvalue weighted by Crippen LogP contribution is 2.29. The van der Waals surface area contributed by atoms with Gasteiger partial charge in [0, 0.05) is 38.9 Å². The molecule has 1 aromatic rings. The molecule has 2 aliphatic rings. The topological polar surface area (TPSA) is 48.8 Å². The highest BCUT2D eigenvalue weighted by Gasteiger charge is 2.40. The molecule has 1 unspecified atom stereocenters. The molecule has 0 bridgehead atoms. The van der Waals surface area contributed by atoms with Crippen LogP contribution in [0.2, 0.25) is 0 Å². The average Bonchev–Trinajstić information content (AvgIpc) is 2.49. The Morgan fingerprint density at radius 3 is 2.95 bits per heavy atom. The minimum Gasteiger partial charge on any atom is -0.395 e. The largest absolute Gasteiger partial charge is 0.395 e. The summed E-state index contributed by atoms with van der Waals surface area (Å²) in [7, 11) is 0. The number of aliphatic hydroxyl groups is 1. The van der Waals surface area contributed by atoms with Crippen LogP contribution in [0.1, 0.15) is 18.5 Å². The Kier molecular flexibility index (Phi) is 4.85. The van der Waals surface area contributed by atoms with E-state index >= 15 is 0 Å². The molecule has 0 amide bonds. The summed E-state index contributed by atoms with van der Waals surface area (Å²) in [6.07, 6.45) is 4.14. The van der Waals surface area contributed by atoms with E-state index < -0.39 is 0 Å². The molecule has 5 nitrogen and oxygen atoms in total. The predicted molar refractivity (Wildman–Crippen MR) is 81.0 cm³/mol. The molecule has 0 aliphatic carbocycles. The highest BCUT2D eigenvalue weighted by molar-refractivity contribution is 5.04. The number of ether oxygens (including phenoxy) is 1. The van der Waals surface area contributed by atoms with Gasteiger partial charge in [-0.1, -0.05) is 6.07 Å². The number of β-amino-alcohol motifs (C(OH)–C–C–N with tert-alkyl or cyclic N) is 1. The van der Waals surface area contributed by atoms with Crippen molar-refractivity contribution in [1.82, 2.24) is 14.8 Å². The monoisotopic (exact) mass is 291 g/mol. The fourth-order valence-electron chi connectivity index (χ4n) is 3.55. The Hall–Kier alpha value is -1.01. The Balaban J connectivity index is 1.62. The molecule has 3 rings (SSSR count). The summed E-state index contributed by atoms with van der Waals surface area (Å²) >= 11 is 0. The van der Waals surface area contributed by atoms with Gasteiger partial charge < -0.3 is 9.84 Å². The molecule has 0 saturated carbocycles. The Morgan fingerprint density at radius 1 is 1.24 bits per heavy atom.